The zero-order valence-electron chi connectivity index (χ0n) is 13.1. The first-order valence-corrected chi connectivity index (χ1v) is 8.15. The number of carbonyl (C=O) groups excluding carboxylic acids is 1. The maximum Gasteiger partial charge on any atom is 0.251 e. The number of pyridine rings is 1. The van der Waals surface area contributed by atoms with Gasteiger partial charge < -0.3 is 11.1 Å². The van der Waals surface area contributed by atoms with Crippen molar-refractivity contribution in [2.24, 2.45) is 5.73 Å². The summed E-state index contributed by atoms with van der Waals surface area (Å²) in [5, 5.41) is 5.67. The summed E-state index contributed by atoms with van der Waals surface area (Å²) in [6.07, 6.45) is 4.14. The van der Waals surface area contributed by atoms with E-state index in [1.54, 1.807) is 18.5 Å². The van der Waals surface area contributed by atoms with E-state index < -0.39 is 0 Å². The number of fused-ring (bicyclic) bond motifs is 1. The molecule has 5 heteroatoms. The number of hydrogen-bond donors (Lipinski definition) is 2. The molecule has 0 aliphatic heterocycles. The highest BCUT2D eigenvalue weighted by atomic mass is 35.5. The van der Waals surface area contributed by atoms with Crippen LogP contribution in [0.1, 0.15) is 28.4 Å². The van der Waals surface area contributed by atoms with Gasteiger partial charge in [-0.2, -0.15) is 0 Å². The summed E-state index contributed by atoms with van der Waals surface area (Å²) >= 11 is 6.06. The number of amides is 1. The van der Waals surface area contributed by atoms with Crippen molar-refractivity contribution < 1.29 is 4.79 Å². The van der Waals surface area contributed by atoms with Crippen LogP contribution in [0, 0.1) is 0 Å². The van der Waals surface area contributed by atoms with Crippen molar-refractivity contribution in [1.29, 1.82) is 0 Å². The predicted molar refractivity (Wildman–Crippen MR) is 97.1 cm³/mol. The average molecular weight is 340 g/mol. The van der Waals surface area contributed by atoms with E-state index in [1.807, 2.05) is 42.5 Å². The monoisotopic (exact) mass is 339 g/mol. The Labute approximate surface area is 145 Å². The number of halogens is 1. The number of nitrogens with one attached hydrogen (secondary N) is 1. The van der Waals surface area contributed by atoms with E-state index in [4.69, 9.17) is 17.3 Å². The quantitative estimate of drug-likeness (QED) is 0.744. The normalized spacial score (nSPS) is 12.1. The minimum Gasteiger partial charge on any atom is -0.345 e. The van der Waals surface area contributed by atoms with Gasteiger partial charge in [0, 0.05) is 28.4 Å². The van der Waals surface area contributed by atoms with Crippen molar-refractivity contribution in [2.75, 3.05) is 6.54 Å². The Kier molecular flexibility index (Phi) is 5.08. The molecule has 0 aliphatic rings. The molecule has 0 saturated carbocycles. The number of nitrogens with two attached hydrogens (primary N) is 1. The summed E-state index contributed by atoms with van der Waals surface area (Å²) in [5.41, 5.74) is 7.26. The Morgan fingerprint density at radius 1 is 1.17 bits per heavy atom. The molecule has 0 aliphatic carbocycles. The number of nitrogens with zero attached hydrogens (tertiary/aromatic N) is 1. The minimum atomic E-state index is -0.172. The fourth-order valence-electron chi connectivity index (χ4n) is 2.68. The summed E-state index contributed by atoms with van der Waals surface area (Å²) in [5.74, 6) is -0.132. The van der Waals surface area contributed by atoms with E-state index in [0.717, 1.165) is 16.3 Å². The maximum atomic E-state index is 12.6. The summed E-state index contributed by atoms with van der Waals surface area (Å²) in [6, 6.07) is 14.8. The largest absolute Gasteiger partial charge is 0.345 e. The Morgan fingerprint density at radius 3 is 2.83 bits per heavy atom. The first-order chi connectivity index (χ1) is 11.7. The minimum absolute atomic E-state index is 0.132. The number of carbonyl (C=O) groups is 1. The highest BCUT2D eigenvalue weighted by Gasteiger charge is 2.15. The van der Waals surface area contributed by atoms with Gasteiger partial charge in [0.25, 0.3) is 5.91 Å². The molecule has 1 amide bonds. The molecule has 3 aromatic rings. The van der Waals surface area contributed by atoms with Crippen molar-refractivity contribution in [2.45, 2.75) is 12.5 Å². The summed E-state index contributed by atoms with van der Waals surface area (Å²) in [4.78, 5) is 16.7. The molecule has 0 fully saturated rings. The SMILES string of the molecule is NCCC(NC(=O)c1ccc2cnccc2c1)c1cccc(Cl)c1. The van der Waals surface area contributed by atoms with Gasteiger partial charge in [-0.25, -0.2) is 0 Å². The van der Waals surface area contributed by atoms with Crippen LogP contribution in [0.25, 0.3) is 10.8 Å². The number of aromatic nitrogens is 1. The van der Waals surface area contributed by atoms with Gasteiger partial charge in [-0.3, -0.25) is 9.78 Å². The summed E-state index contributed by atoms with van der Waals surface area (Å²) in [6.45, 7) is 0.473. The Balaban J connectivity index is 1.84. The molecule has 2 aromatic carbocycles. The van der Waals surface area contributed by atoms with E-state index >= 15 is 0 Å². The van der Waals surface area contributed by atoms with Crippen LogP contribution in [-0.4, -0.2) is 17.4 Å². The maximum absolute atomic E-state index is 12.6. The molecule has 0 bridgehead atoms. The molecular weight excluding hydrogens is 322 g/mol. The van der Waals surface area contributed by atoms with Gasteiger partial charge in [-0.15, -0.1) is 0 Å². The summed E-state index contributed by atoms with van der Waals surface area (Å²) in [7, 11) is 0. The van der Waals surface area contributed by atoms with Gasteiger partial charge in [0.2, 0.25) is 0 Å². The fraction of sp³-hybridized carbons (Fsp3) is 0.158. The molecule has 0 saturated heterocycles. The lowest BCUT2D eigenvalue weighted by Gasteiger charge is -2.19. The lowest BCUT2D eigenvalue weighted by atomic mass is 10.0. The fourth-order valence-corrected chi connectivity index (χ4v) is 2.88. The van der Waals surface area contributed by atoms with Crippen LogP contribution in [0.2, 0.25) is 5.02 Å². The van der Waals surface area contributed by atoms with Crippen LogP contribution in [-0.2, 0) is 0 Å². The van der Waals surface area contributed by atoms with Crippen LogP contribution in [0.15, 0.2) is 60.9 Å². The standard InChI is InChI=1S/C19H18ClN3O/c20-17-3-1-2-14(11-17)18(6-8-21)23-19(24)15-4-5-16-12-22-9-7-13(16)10-15/h1-5,7,9-12,18H,6,8,21H2,(H,23,24). The molecule has 0 spiro atoms. The second-order valence-corrected chi connectivity index (χ2v) is 6.03. The van der Waals surface area contributed by atoms with Crippen LogP contribution in [0.4, 0.5) is 0 Å². The highest BCUT2D eigenvalue weighted by molar-refractivity contribution is 6.30. The molecule has 0 radical (unpaired) electrons. The van der Waals surface area contributed by atoms with Gasteiger partial charge in [-0.05, 0) is 54.2 Å². The van der Waals surface area contributed by atoms with Crippen molar-refractivity contribution in [3.05, 3.63) is 77.1 Å². The van der Waals surface area contributed by atoms with E-state index in [0.29, 0.717) is 23.6 Å². The molecule has 1 unspecified atom stereocenters. The Hall–Kier alpha value is -2.43. The second kappa shape index (κ2) is 7.43. The third-order valence-corrected chi connectivity index (χ3v) is 4.15. The van der Waals surface area contributed by atoms with Crippen LogP contribution in [0.5, 0.6) is 0 Å². The zero-order chi connectivity index (χ0) is 16.9. The highest BCUT2D eigenvalue weighted by Crippen LogP contribution is 2.21. The van der Waals surface area contributed by atoms with Gasteiger partial charge in [-0.1, -0.05) is 29.8 Å². The molecule has 1 heterocycles. The topological polar surface area (TPSA) is 68.0 Å². The van der Waals surface area contributed by atoms with Gasteiger partial charge in [0.05, 0.1) is 6.04 Å². The van der Waals surface area contributed by atoms with Gasteiger partial charge in [0.15, 0.2) is 0 Å². The molecule has 122 valence electrons. The van der Waals surface area contributed by atoms with Crippen molar-refractivity contribution in [3.63, 3.8) is 0 Å². The molecular formula is C19H18ClN3O. The van der Waals surface area contributed by atoms with Crippen LogP contribution in [0.3, 0.4) is 0 Å². The second-order valence-electron chi connectivity index (χ2n) is 5.60. The zero-order valence-corrected chi connectivity index (χ0v) is 13.8. The lowest BCUT2D eigenvalue weighted by molar-refractivity contribution is 0.0935. The molecule has 3 N–H and O–H groups in total. The molecule has 3 rings (SSSR count). The Bertz CT molecular complexity index is 866. The summed E-state index contributed by atoms with van der Waals surface area (Å²) < 4.78 is 0. The number of hydrogen-bond acceptors (Lipinski definition) is 3. The van der Waals surface area contributed by atoms with Crippen LogP contribution < -0.4 is 11.1 Å². The van der Waals surface area contributed by atoms with Crippen molar-refractivity contribution in [3.8, 4) is 0 Å². The average Bonchev–Trinajstić information content (AvgIpc) is 2.61. The first kappa shape index (κ1) is 16.4. The van der Waals surface area contributed by atoms with Crippen molar-refractivity contribution >= 4 is 28.3 Å². The molecule has 24 heavy (non-hydrogen) atoms. The third-order valence-electron chi connectivity index (χ3n) is 3.91. The lowest BCUT2D eigenvalue weighted by Crippen LogP contribution is -2.30. The predicted octanol–water partition coefficient (Wildman–Crippen LogP) is 3.71. The first-order valence-electron chi connectivity index (χ1n) is 7.77. The van der Waals surface area contributed by atoms with Gasteiger partial charge >= 0.3 is 0 Å². The molecule has 4 nitrogen and oxygen atoms in total. The molecule has 1 atom stereocenters. The van der Waals surface area contributed by atoms with E-state index in [-0.39, 0.29) is 11.9 Å². The smallest absolute Gasteiger partial charge is 0.251 e. The van der Waals surface area contributed by atoms with Crippen molar-refractivity contribution in [1.82, 2.24) is 10.3 Å². The third kappa shape index (κ3) is 3.72. The van der Waals surface area contributed by atoms with E-state index in [1.165, 1.54) is 0 Å². The van der Waals surface area contributed by atoms with E-state index in [9.17, 15) is 4.79 Å². The Morgan fingerprint density at radius 2 is 2.04 bits per heavy atom. The molecule has 1 aromatic heterocycles. The van der Waals surface area contributed by atoms with Gasteiger partial charge in [0.1, 0.15) is 0 Å². The van der Waals surface area contributed by atoms with Crippen LogP contribution >= 0.6 is 11.6 Å². The number of benzene rings is 2. The number of rotatable bonds is 5. The van der Waals surface area contributed by atoms with E-state index in [2.05, 4.69) is 10.3 Å².